The van der Waals surface area contributed by atoms with Crippen LogP contribution in [0, 0.1) is 0 Å². The first-order valence-corrected chi connectivity index (χ1v) is 8.03. The average Bonchev–Trinajstić information content (AvgIpc) is 3.10. The highest BCUT2D eigenvalue weighted by atomic mass is 32.1. The molecule has 1 aromatic carbocycles. The summed E-state index contributed by atoms with van der Waals surface area (Å²) in [6.07, 6.45) is 2.19. The van der Waals surface area contributed by atoms with Crippen LogP contribution in [0.4, 0.5) is 5.13 Å². The van der Waals surface area contributed by atoms with Gasteiger partial charge in [-0.3, -0.25) is 10.1 Å². The van der Waals surface area contributed by atoms with Crippen molar-refractivity contribution >= 4 is 28.1 Å². The van der Waals surface area contributed by atoms with Gasteiger partial charge in [-0.25, -0.2) is 0 Å². The van der Waals surface area contributed by atoms with Gasteiger partial charge < -0.3 is 4.84 Å². The molecule has 112 valence electrons. The number of amides is 1. The fourth-order valence-corrected chi connectivity index (χ4v) is 3.20. The van der Waals surface area contributed by atoms with E-state index in [4.69, 9.17) is 4.84 Å². The van der Waals surface area contributed by atoms with Gasteiger partial charge in [0.1, 0.15) is 5.01 Å². The number of rotatable bonds is 4. The lowest BCUT2D eigenvalue weighted by Crippen LogP contribution is -2.28. The zero-order valence-electron chi connectivity index (χ0n) is 11.7. The molecule has 1 aromatic heterocycles. The Morgan fingerprint density at radius 2 is 2.05 bits per heavy atom. The van der Waals surface area contributed by atoms with Gasteiger partial charge in [0.15, 0.2) is 0 Å². The lowest BCUT2D eigenvalue weighted by atomic mass is 10.1. The highest BCUT2D eigenvalue weighted by Gasteiger charge is 2.31. The van der Waals surface area contributed by atoms with Gasteiger partial charge in [0, 0.05) is 12.3 Å². The van der Waals surface area contributed by atoms with Crippen molar-refractivity contribution in [3.8, 4) is 0 Å². The second-order valence-corrected chi connectivity index (χ2v) is 6.42. The van der Waals surface area contributed by atoms with Crippen molar-refractivity contribution in [2.45, 2.75) is 31.3 Å². The first kappa shape index (κ1) is 13.4. The largest absolute Gasteiger partial charge is 0.382 e. The Kier molecular flexibility index (Phi) is 3.34. The third-order valence-electron chi connectivity index (χ3n) is 3.67. The second kappa shape index (κ2) is 5.49. The molecule has 2 heterocycles. The Balaban J connectivity index is 1.37. The van der Waals surface area contributed by atoms with E-state index in [-0.39, 0.29) is 5.91 Å². The number of hydrogen-bond acceptors (Lipinski definition) is 6. The number of nitrogens with zero attached hydrogens (tertiary/aromatic N) is 3. The van der Waals surface area contributed by atoms with Gasteiger partial charge in [-0.1, -0.05) is 46.8 Å². The van der Waals surface area contributed by atoms with E-state index in [1.54, 1.807) is 0 Å². The third kappa shape index (κ3) is 2.71. The quantitative estimate of drug-likeness (QED) is 0.941. The van der Waals surface area contributed by atoms with E-state index in [0.717, 1.165) is 16.3 Å². The molecule has 1 amide bonds. The summed E-state index contributed by atoms with van der Waals surface area (Å²) in [6, 6.07) is 9.72. The van der Waals surface area contributed by atoms with Crippen molar-refractivity contribution in [1.82, 2.24) is 10.2 Å². The van der Waals surface area contributed by atoms with Gasteiger partial charge in [0.2, 0.25) is 11.2 Å². The number of benzene rings is 1. The SMILES string of the molecule is O=C(Nc1nnc(C2CC2)s1)[C@@H]1CC(c2ccccc2)=NO1. The lowest BCUT2D eigenvalue weighted by Gasteiger charge is -2.06. The Hall–Kier alpha value is -2.28. The van der Waals surface area contributed by atoms with Crippen LogP contribution >= 0.6 is 11.3 Å². The van der Waals surface area contributed by atoms with Crippen molar-refractivity contribution in [3.05, 3.63) is 40.9 Å². The molecule has 2 aliphatic rings. The maximum Gasteiger partial charge on any atom is 0.270 e. The average molecular weight is 314 g/mol. The van der Waals surface area contributed by atoms with Gasteiger partial charge in [-0.15, -0.1) is 10.2 Å². The molecule has 4 rings (SSSR count). The first-order valence-electron chi connectivity index (χ1n) is 7.22. The minimum Gasteiger partial charge on any atom is -0.382 e. The Morgan fingerprint density at radius 1 is 1.23 bits per heavy atom. The summed E-state index contributed by atoms with van der Waals surface area (Å²) in [7, 11) is 0. The highest BCUT2D eigenvalue weighted by Crippen LogP contribution is 2.42. The van der Waals surface area contributed by atoms with Crippen molar-refractivity contribution in [2.24, 2.45) is 5.16 Å². The van der Waals surface area contributed by atoms with E-state index < -0.39 is 6.10 Å². The zero-order chi connectivity index (χ0) is 14.9. The molecule has 1 aliphatic carbocycles. The number of oxime groups is 1. The molecule has 0 bridgehead atoms. The molecule has 7 heteroatoms. The van der Waals surface area contributed by atoms with E-state index in [1.165, 1.54) is 24.2 Å². The number of aromatic nitrogens is 2. The molecule has 1 aliphatic heterocycles. The smallest absolute Gasteiger partial charge is 0.270 e. The lowest BCUT2D eigenvalue weighted by molar-refractivity contribution is -0.125. The number of hydrogen-bond donors (Lipinski definition) is 1. The summed E-state index contributed by atoms with van der Waals surface area (Å²) in [5.74, 6) is 0.312. The zero-order valence-corrected chi connectivity index (χ0v) is 12.5. The van der Waals surface area contributed by atoms with E-state index in [0.29, 0.717) is 17.5 Å². The standard InChI is InChI=1S/C15H14N4O2S/c20-13(16-15-18-17-14(22-15)10-6-7-10)12-8-11(19-21-12)9-4-2-1-3-5-9/h1-5,10,12H,6-8H2,(H,16,18,20)/t12-/m0/s1. The fourth-order valence-electron chi connectivity index (χ4n) is 2.29. The summed E-state index contributed by atoms with van der Waals surface area (Å²) < 4.78 is 0. The molecule has 0 radical (unpaired) electrons. The van der Waals surface area contributed by atoms with Crippen LogP contribution in [-0.2, 0) is 9.63 Å². The van der Waals surface area contributed by atoms with Crippen LogP contribution in [0.2, 0.25) is 0 Å². The van der Waals surface area contributed by atoms with E-state index in [1.807, 2.05) is 30.3 Å². The maximum atomic E-state index is 12.2. The summed E-state index contributed by atoms with van der Waals surface area (Å²) in [5.41, 5.74) is 1.77. The van der Waals surface area contributed by atoms with E-state index >= 15 is 0 Å². The number of carbonyl (C=O) groups is 1. The predicted octanol–water partition coefficient (Wildman–Crippen LogP) is 2.55. The summed E-state index contributed by atoms with van der Waals surface area (Å²) in [6.45, 7) is 0. The highest BCUT2D eigenvalue weighted by molar-refractivity contribution is 7.15. The molecule has 2 aromatic rings. The number of anilines is 1. The summed E-state index contributed by atoms with van der Waals surface area (Å²) in [5, 5.41) is 16.4. The van der Waals surface area contributed by atoms with Crippen LogP contribution in [0.25, 0.3) is 0 Å². The topological polar surface area (TPSA) is 76.5 Å². The minimum absolute atomic E-state index is 0.229. The van der Waals surface area contributed by atoms with Crippen LogP contribution < -0.4 is 5.32 Å². The van der Waals surface area contributed by atoms with Crippen LogP contribution in [0.15, 0.2) is 35.5 Å². The van der Waals surface area contributed by atoms with Crippen LogP contribution in [-0.4, -0.2) is 27.9 Å². The third-order valence-corrected chi connectivity index (χ3v) is 4.67. The Labute approximate surface area is 131 Å². The van der Waals surface area contributed by atoms with Gasteiger partial charge in [-0.05, 0) is 18.4 Å². The molecule has 1 atom stereocenters. The number of nitrogens with one attached hydrogen (secondary N) is 1. The summed E-state index contributed by atoms with van der Waals surface area (Å²) in [4.78, 5) is 17.5. The van der Waals surface area contributed by atoms with Crippen molar-refractivity contribution in [3.63, 3.8) is 0 Å². The van der Waals surface area contributed by atoms with E-state index in [9.17, 15) is 4.79 Å². The van der Waals surface area contributed by atoms with Gasteiger partial charge in [0.25, 0.3) is 5.91 Å². The minimum atomic E-state index is -0.608. The molecule has 1 fully saturated rings. The van der Waals surface area contributed by atoms with Crippen LogP contribution in [0.1, 0.15) is 35.8 Å². The molecule has 0 saturated heterocycles. The molecule has 1 saturated carbocycles. The van der Waals surface area contributed by atoms with E-state index in [2.05, 4.69) is 20.7 Å². The second-order valence-electron chi connectivity index (χ2n) is 5.41. The molecule has 0 spiro atoms. The molecule has 22 heavy (non-hydrogen) atoms. The summed E-state index contributed by atoms with van der Waals surface area (Å²) >= 11 is 1.44. The van der Waals surface area contributed by atoms with Gasteiger partial charge in [-0.2, -0.15) is 0 Å². The Morgan fingerprint density at radius 3 is 2.82 bits per heavy atom. The molecular formula is C15H14N4O2S. The fraction of sp³-hybridized carbons (Fsp3) is 0.333. The Bertz CT molecular complexity index is 724. The van der Waals surface area contributed by atoms with Crippen LogP contribution in [0.3, 0.4) is 0 Å². The first-order chi connectivity index (χ1) is 10.8. The van der Waals surface area contributed by atoms with Crippen molar-refractivity contribution in [1.29, 1.82) is 0 Å². The van der Waals surface area contributed by atoms with Gasteiger partial charge >= 0.3 is 0 Å². The monoisotopic (exact) mass is 314 g/mol. The van der Waals surface area contributed by atoms with Crippen molar-refractivity contribution < 1.29 is 9.63 Å². The maximum absolute atomic E-state index is 12.2. The van der Waals surface area contributed by atoms with Gasteiger partial charge in [0.05, 0.1) is 5.71 Å². The van der Waals surface area contributed by atoms with Crippen molar-refractivity contribution in [2.75, 3.05) is 5.32 Å². The number of carbonyl (C=O) groups excluding carboxylic acids is 1. The predicted molar refractivity (Wildman–Crippen MR) is 83.0 cm³/mol. The van der Waals surface area contributed by atoms with Crippen LogP contribution in [0.5, 0.6) is 0 Å². The molecule has 1 N–H and O–H groups in total. The molecular weight excluding hydrogens is 300 g/mol. The molecule has 6 nitrogen and oxygen atoms in total. The molecule has 0 unspecified atom stereocenters. The normalized spacial score (nSPS) is 20.4.